The first kappa shape index (κ1) is 11.3. The van der Waals surface area contributed by atoms with Gasteiger partial charge in [-0.1, -0.05) is 12.1 Å². The molecule has 0 unspecified atom stereocenters. The first-order valence-electron chi connectivity index (χ1n) is 4.93. The standard InChI is InChI=1S/C13H9F2NO/c14-10-3-1-2-8(6-10)13(17)9-4-5-12(16)11(15)7-9/h1-7H,16H2. The van der Waals surface area contributed by atoms with E-state index >= 15 is 0 Å². The number of rotatable bonds is 2. The molecule has 2 rings (SSSR count). The predicted octanol–water partition coefficient (Wildman–Crippen LogP) is 2.78. The summed E-state index contributed by atoms with van der Waals surface area (Å²) in [5, 5.41) is 0. The van der Waals surface area contributed by atoms with E-state index in [4.69, 9.17) is 5.73 Å². The molecule has 2 aromatic carbocycles. The van der Waals surface area contributed by atoms with E-state index in [9.17, 15) is 13.6 Å². The van der Waals surface area contributed by atoms with Gasteiger partial charge in [-0.05, 0) is 30.3 Å². The van der Waals surface area contributed by atoms with Crippen LogP contribution in [-0.2, 0) is 0 Å². The van der Waals surface area contributed by atoms with Gasteiger partial charge in [0.1, 0.15) is 11.6 Å². The molecular formula is C13H9F2NO. The van der Waals surface area contributed by atoms with Gasteiger partial charge in [-0.25, -0.2) is 8.78 Å². The zero-order valence-corrected chi connectivity index (χ0v) is 8.78. The maximum absolute atomic E-state index is 13.2. The highest BCUT2D eigenvalue weighted by Gasteiger charge is 2.11. The molecule has 0 bridgehead atoms. The van der Waals surface area contributed by atoms with Crippen molar-refractivity contribution in [3.8, 4) is 0 Å². The number of ketones is 1. The largest absolute Gasteiger partial charge is 0.396 e. The number of hydrogen-bond acceptors (Lipinski definition) is 2. The monoisotopic (exact) mass is 233 g/mol. The summed E-state index contributed by atoms with van der Waals surface area (Å²) in [7, 11) is 0. The van der Waals surface area contributed by atoms with Crippen LogP contribution in [0, 0.1) is 11.6 Å². The Balaban J connectivity index is 2.40. The van der Waals surface area contributed by atoms with E-state index in [1.165, 1.54) is 30.3 Å². The van der Waals surface area contributed by atoms with Crippen LogP contribution >= 0.6 is 0 Å². The van der Waals surface area contributed by atoms with E-state index in [0.29, 0.717) is 0 Å². The molecule has 0 radical (unpaired) electrons. The summed E-state index contributed by atoms with van der Waals surface area (Å²) in [5.74, 6) is -1.61. The Morgan fingerprint density at radius 2 is 1.71 bits per heavy atom. The molecule has 2 nitrogen and oxygen atoms in total. The minimum Gasteiger partial charge on any atom is -0.396 e. The molecule has 0 spiro atoms. The molecular weight excluding hydrogens is 224 g/mol. The van der Waals surface area contributed by atoms with Gasteiger partial charge in [0.05, 0.1) is 5.69 Å². The van der Waals surface area contributed by atoms with Gasteiger partial charge >= 0.3 is 0 Å². The molecule has 0 amide bonds. The van der Waals surface area contributed by atoms with Crippen molar-refractivity contribution in [2.24, 2.45) is 0 Å². The van der Waals surface area contributed by atoms with Crippen molar-refractivity contribution in [3.63, 3.8) is 0 Å². The first-order valence-corrected chi connectivity index (χ1v) is 4.93. The lowest BCUT2D eigenvalue weighted by molar-refractivity contribution is 0.103. The number of nitrogen functional groups attached to an aromatic ring is 1. The maximum atomic E-state index is 13.2. The molecule has 0 fully saturated rings. The van der Waals surface area contributed by atoms with Crippen LogP contribution in [0.3, 0.4) is 0 Å². The fourth-order valence-corrected chi connectivity index (χ4v) is 1.46. The average Bonchev–Trinajstić information content (AvgIpc) is 2.32. The van der Waals surface area contributed by atoms with Crippen molar-refractivity contribution in [2.45, 2.75) is 0 Å². The molecule has 0 atom stereocenters. The molecule has 0 saturated carbocycles. The van der Waals surface area contributed by atoms with Gasteiger partial charge in [-0.15, -0.1) is 0 Å². The highest BCUT2D eigenvalue weighted by Crippen LogP contribution is 2.16. The van der Waals surface area contributed by atoms with Crippen LogP contribution < -0.4 is 5.73 Å². The smallest absolute Gasteiger partial charge is 0.193 e. The van der Waals surface area contributed by atoms with Crippen molar-refractivity contribution in [3.05, 3.63) is 65.2 Å². The Morgan fingerprint density at radius 1 is 1.00 bits per heavy atom. The molecule has 4 heteroatoms. The van der Waals surface area contributed by atoms with Gasteiger partial charge < -0.3 is 5.73 Å². The van der Waals surface area contributed by atoms with Gasteiger partial charge in [-0.3, -0.25) is 4.79 Å². The first-order chi connectivity index (χ1) is 8.08. The molecule has 2 aromatic rings. The summed E-state index contributed by atoms with van der Waals surface area (Å²) < 4.78 is 26.1. The summed E-state index contributed by atoms with van der Waals surface area (Å²) in [4.78, 5) is 11.9. The van der Waals surface area contributed by atoms with E-state index in [1.807, 2.05) is 0 Å². The number of benzene rings is 2. The number of hydrogen-bond donors (Lipinski definition) is 1. The summed E-state index contributed by atoms with van der Waals surface area (Å²) in [6, 6.07) is 9.00. The van der Waals surface area contributed by atoms with Gasteiger partial charge in [0.2, 0.25) is 0 Å². The summed E-state index contributed by atoms with van der Waals surface area (Å²) >= 11 is 0. The fourth-order valence-electron chi connectivity index (χ4n) is 1.46. The number of anilines is 1. The lowest BCUT2D eigenvalue weighted by atomic mass is 10.0. The molecule has 2 N–H and O–H groups in total. The van der Waals surface area contributed by atoms with E-state index in [1.54, 1.807) is 0 Å². The molecule has 86 valence electrons. The van der Waals surface area contributed by atoms with E-state index < -0.39 is 17.4 Å². The summed E-state index contributed by atoms with van der Waals surface area (Å²) in [6.07, 6.45) is 0. The second-order valence-corrected chi connectivity index (χ2v) is 3.58. The SMILES string of the molecule is Nc1ccc(C(=O)c2cccc(F)c2)cc1F. The Hall–Kier alpha value is -2.23. The van der Waals surface area contributed by atoms with E-state index in [-0.39, 0.29) is 16.8 Å². The van der Waals surface area contributed by atoms with Gasteiger partial charge in [-0.2, -0.15) is 0 Å². The molecule has 0 aliphatic carbocycles. The van der Waals surface area contributed by atoms with Crippen molar-refractivity contribution in [1.29, 1.82) is 0 Å². The van der Waals surface area contributed by atoms with Gasteiger partial charge in [0, 0.05) is 11.1 Å². The van der Waals surface area contributed by atoms with Crippen LogP contribution in [0.1, 0.15) is 15.9 Å². The number of carbonyl (C=O) groups is 1. The van der Waals surface area contributed by atoms with E-state index in [0.717, 1.165) is 12.1 Å². The van der Waals surface area contributed by atoms with Crippen LogP contribution in [-0.4, -0.2) is 5.78 Å². The molecule has 0 heterocycles. The summed E-state index contributed by atoms with van der Waals surface area (Å²) in [6.45, 7) is 0. The number of halogens is 2. The van der Waals surface area contributed by atoms with Crippen molar-refractivity contribution in [1.82, 2.24) is 0 Å². The minimum atomic E-state index is -0.660. The third-order valence-corrected chi connectivity index (χ3v) is 2.35. The molecule has 17 heavy (non-hydrogen) atoms. The molecule has 0 saturated heterocycles. The second-order valence-electron chi connectivity index (χ2n) is 3.58. The quantitative estimate of drug-likeness (QED) is 0.640. The van der Waals surface area contributed by atoms with Gasteiger partial charge in [0.25, 0.3) is 0 Å². The number of carbonyl (C=O) groups excluding carboxylic acids is 1. The van der Waals surface area contributed by atoms with Crippen LogP contribution in [0.2, 0.25) is 0 Å². The zero-order valence-electron chi connectivity index (χ0n) is 8.78. The Kier molecular flexibility index (Phi) is 2.87. The van der Waals surface area contributed by atoms with Crippen LogP contribution in [0.25, 0.3) is 0 Å². The van der Waals surface area contributed by atoms with E-state index in [2.05, 4.69) is 0 Å². The molecule has 0 aliphatic rings. The lowest BCUT2D eigenvalue weighted by Gasteiger charge is -2.03. The highest BCUT2D eigenvalue weighted by molar-refractivity contribution is 6.09. The highest BCUT2D eigenvalue weighted by atomic mass is 19.1. The fraction of sp³-hybridized carbons (Fsp3) is 0. The van der Waals surface area contributed by atoms with Crippen molar-refractivity contribution >= 4 is 11.5 Å². The predicted molar refractivity (Wildman–Crippen MR) is 60.6 cm³/mol. The Morgan fingerprint density at radius 3 is 2.35 bits per heavy atom. The minimum absolute atomic E-state index is 0.0270. The third kappa shape index (κ3) is 2.30. The molecule has 0 aliphatic heterocycles. The third-order valence-electron chi connectivity index (χ3n) is 2.35. The van der Waals surface area contributed by atoms with Crippen molar-refractivity contribution < 1.29 is 13.6 Å². The summed E-state index contributed by atoms with van der Waals surface area (Å²) in [5.41, 5.74) is 5.59. The average molecular weight is 233 g/mol. The van der Waals surface area contributed by atoms with Crippen LogP contribution in [0.5, 0.6) is 0 Å². The van der Waals surface area contributed by atoms with Crippen LogP contribution in [0.15, 0.2) is 42.5 Å². The molecule has 0 aromatic heterocycles. The second kappa shape index (κ2) is 4.33. The number of nitrogens with two attached hydrogens (primary N) is 1. The van der Waals surface area contributed by atoms with Gasteiger partial charge in [0.15, 0.2) is 5.78 Å². The Bertz CT molecular complexity index is 581. The van der Waals surface area contributed by atoms with Crippen LogP contribution in [0.4, 0.5) is 14.5 Å². The normalized spacial score (nSPS) is 10.2. The van der Waals surface area contributed by atoms with Crippen molar-refractivity contribution in [2.75, 3.05) is 5.73 Å². The maximum Gasteiger partial charge on any atom is 0.193 e. The lowest BCUT2D eigenvalue weighted by Crippen LogP contribution is -2.03. The Labute approximate surface area is 96.7 Å². The topological polar surface area (TPSA) is 43.1 Å². The zero-order chi connectivity index (χ0) is 12.4.